The molecule has 1 spiro atoms. The minimum Gasteiger partial charge on any atom is -0.342 e. The van der Waals surface area contributed by atoms with Gasteiger partial charge in [0.25, 0.3) is 0 Å². The molecule has 6 aliphatic rings. The highest BCUT2D eigenvalue weighted by molar-refractivity contribution is 6.02. The average molecular weight is 341 g/mol. The molecule has 1 saturated heterocycles. The van der Waals surface area contributed by atoms with E-state index < -0.39 is 0 Å². The third kappa shape index (κ3) is 1.78. The number of fused-ring (bicyclic) bond motifs is 2. The molecular weight excluding hydrogens is 310 g/mol. The minimum absolute atomic E-state index is 0.139. The van der Waals surface area contributed by atoms with Crippen LogP contribution in [0.1, 0.15) is 65.2 Å². The predicted octanol–water partition coefficient (Wildman–Crippen LogP) is 3.98. The first-order valence-electron chi connectivity index (χ1n) is 10.3. The lowest BCUT2D eigenvalue weighted by atomic mass is 9.35. The van der Waals surface area contributed by atoms with Crippen LogP contribution in [0.15, 0.2) is 12.2 Å². The minimum atomic E-state index is -0.139. The van der Waals surface area contributed by atoms with E-state index in [0.717, 1.165) is 44.3 Å². The maximum Gasteiger partial charge on any atom is 0.219 e. The number of Topliss-reactive ketones (excluding diaryl/α,β-unsaturated/α-hetero) is 1. The number of hydrogen-bond acceptors (Lipinski definition) is 2. The molecule has 136 valence electrons. The van der Waals surface area contributed by atoms with Crippen molar-refractivity contribution in [3.63, 3.8) is 0 Å². The van der Waals surface area contributed by atoms with Crippen molar-refractivity contribution in [1.82, 2.24) is 4.90 Å². The maximum absolute atomic E-state index is 13.3. The van der Waals surface area contributed by atoms with Crippen molar-refractivity contribution in [2.24, 2.45) is 34.0 Å². The Morgan fingerprint density at radius 1 is 1.12 bits per heavy atom. The van der Waals surface area contributed by atoms with Crippen molar-refractivity contribution in [2.75, 3.05) is 13.1 Å². The zero-order valence-corrected chi connectivity index (χ0v) is 15.8. The summed E-state index contributed by atoms with van der Waals surface area (Å²) >= 11 is 0. The molecule has 1 amide bonds. The third-order valence-electron chi connectivity index (χ3n) is 9.34. The van der Waals surface area contributed by atoms with E-state index in [-0.39, 0.29) is 22.2 Å². The van der Waals surface area contributed by atoms with E-state index >= 15 is 0 Å². The van der Waals surface area contributed by atoms with Crippen LogP contribution >= 0.6 is 0 Å². The number of carbonyl (C=O) groups excluding carboxylic acids is 2. The predicted molar refractivity (Wildman–Crippen MR) is 96.8 cm³/mol. The molecule has 6 atom stereocenters. The number of rotatable bonds is 0. The Hall–Kier alpha value is -1.12. The summed E-state index contributed by atoms with van der Waals surface area (Å²) in [5.41, 5.74) is 1.22. The number of allylic oxidation sites excluding steroid dienone is 1. The molecule has 0 aromatic carbocycles. The number of nitrogens with zero attached hydrogens (tertiary/aromatic N) is 1. The molecule has 5 saturated carbocycles. The number of hydrogen-bond donors (Lipinski definition) is 0. The van der Waals surface area contributed by atoms with Crippen LogP contribution in [-0.2, 0) is 9.59 Å². The van der Waals surface area contributed by atoms with Crippen LogP contribution in [0.25, 0.3) is 0 Å². The largest absolute Gasteiger partial charge is 0.342 e. The van der Waals surface area contributed by atoms with E-state index in [2.05, 4.69) is 18.4 Å². The van der Waals surface area contributed by atoms with E-state index in [1.165, 1.54) is 25.7 Å². The Kier molecular flexibility index (Phi) is 3.07. The molecule has 1 heterocycles. The van der Waals surface area contributed by atoms with Gasteiger partial charge in [-0.05, 0) is 79.1 Å². The van der Waals surface area contributed by atoms with E-state index in [9.17, 15) is 9.59 Å². The summed E-state index contributed by atoms with van der Waals surface area (Å²) in [6, 6.07) is 0. The highest BCUT2D eigenvalue weighted by Crippen LogP contribution is 2.72. The smallest absolute Gasteiger partial charge is 0.219 e. The molecule has 0 radical (unpaired) electrons. The van der Waals surface area contributed by atoms with Crippen LogP contribution in [0.5, 0.6) is 0 Å². The Labute approximate surface area is 151 Å². The number of piperidine rings is 1. The zero-order chi connectivity index (χ0) is 17.6. The molecule has 6 rings (SSSR count). The first-order valence-corrected chi connectivity index (χ1v) is 10.3. The second-order valence-electron chi connectivity index (χ2n) is 10.2. The zero-order valence-electron chi connectivity index (χ0n) is 15.8. The quantitative estimate of drug-likeness (QED) is 0.625. The summed E-state index contributed by atoms with van der Waals surface area (Å²) in [7, 11) is 0. The molecule has 3 unspecified atom stereocenters. The summed E-state index contributed by atoms with van der Waals surface area (Å²) < 4.78 is 0. The van der Waals surface area contributed by atoms with Gasteiger partial charge < -0.3 is 4.90 Å². The van der Waals surface area contributed by atoms with Gasteiger partial charge in [-0.3, -0.25) is 9.59 Å². The molecule has 5 aliphatic carbocycles. The highest BCUT2D eigenvalue weighted by atomic mass is 16.2. The van der Waals surface area contributed by atoms with Gasteiger partial charge in [-0.25, -0.2) is 0 Å². The Bertz CT molecular complexity index is 684. The average Bonchev–Trinajstić information content (AvgIpc) is 2.57. The monoisotopic (exact) mass is 341 g/mol. The van der Waals surface area contributed by atoms with Gasteiger partial charge in [0, 0.05) is 25.4 Å². The second kappa shape index (κ2) is 4.78. The van der Waals surface area contributed by atoms with Crippen LogP contribution in [-0.4, -0.2) is 29.7 Å². The third-order valence-corrected chi connectivity index (χ3v) is 9.34. The number of carbonyl (C=O) groups is 2. The molecule has 6 fully saturated rings. The molecule has 3 heteroatoms. The fourth-order valence-electron chi connectivity index (χ4n) is 8.40. The standard InChI is InChI=1S/C22H31NO2/c1-14-16-5-9-21(19(14)25)10-6-17-20(3)7-4-8-22(17,18(21)11-16)13-23(12-20)15(2)24/h16-18H,1,4-13H2,2-3H3/t16-,17+,18?,20?,21-,22?/m0/s1. The molecule has 3 nitrogen and oxygen atoms in total. The van der Waals surface area contributed by atoms with Crippen molar-refractivity contribution in [2.45, 2.75) is 65.2 Å². The lowest BCUT2D eigenvalue weighted by Gasteiger charge is -2.71. The molecule has 25 heavy (non-hydrogen) atoms. The number of likely N-dealkylation sites (tertiary alicyclic amines) is 1. The summed E-state index contributed by atoms with van der Waals surface area (Å²) in [5.74, 6) is 2.22. The van der Waals surface area contributed by atoms with Crippen molar-refractivity contribution < 1.29 is 9.59 Å². The Morgan fingerprint density at radius 3 is 2.64 bits per heavy atom. The van der Waals surface area contributed by atoms with Crippen LogP contribution in [0.4, 0.5) is 0 Å². The lowest BCUT2D eigenvalue weighted by molar-refractivity contribution is -0.214. The molecule has 4 bridgehead atoms. The Balaban J connectivity index is 1.64. The van der Waals surface area contributed by atoms with Gasteiger partial charge in [0.1, 0.15) is 0 Å². The van der Waals surface area contributed by atoms with Gasteiger partial charge in [0.05, 0.1) is 0 Å². The molecule has 1 aliphatic heterocycles. The van der Waals surface area contributed by atoms with Gasteiger partial charge in [-0.2, -0.15) is 0 Å². The number of amides is 1. The van der Waals surface area contributed by atoms with Crippen molar-refractivity contribution in [3.8, 4) is 0 Å². The van der Waals surface area contributed by atoms with Crippen LogP contribution in [0, 0.1) is 34.0 Å². The summed E-state index contributed by atoms with van der Waals surface area (Å²) in [6.45, 7) is 10.2. The highest BCUT2D eigenvalue weighted by Gasteiger charge is 2.69. The first kappa shape index (κ1) is 16.1. The number of ketones is 1. The molecule has 0 aromatic heterocycles. The van der Waals surface area contributed by atoms with Gasteiger partial charge in [0.2, 0.25) is 5.91 Å². The topological polar surface area (TPSA) is 37.4 Å². The normalized spacial score (nSPS) is 51.1. The van der Waals surface area contributed by atoms with E-state index in [1.807, 2.05) is 0 Å². The summed E-state index contributed by atoms with van der Waals surface area (Å²) in [5, 5.41) is 0. The first-order chi connectivity index (χ1) is 11.8. The molecule has 0 N–H and O–H groups in total. The van der Waals surface area contributed by atoms with Gasteiger partial charge >= 0.3 is 0 Å². The molecule has 0 aromatic rings. The summed E-state index contributed by atoms with van der Waals surface area (Å²) in [4.78, 5) is 27.7. The second-order valence-corrected chi connectivity index (χ2v) is 10.2. The fourth-order valence-corrected chi connectivity index (χ4v) is 8.40. The fraction of sp³-hybridized carbons (Fsp3) is 0.818. The van der Waals surface area contributed by atoms with E-state index in [0.29, 0.717) is 23.5 Å². The van der Waals surface area contributed by atoms with E-state index in [4.69, 9.17) is 0 Å². The van der Waals surface area contributed by atoms with Gasteiger partial charge in [-0.1, -0.05) is 19.9 Å². The van der Waals surface area contributed by atoms with Crippen molar-refractivity contribution in [3.05, 3.63) is 12.2 Å². The lowest BCUT2D eigenvalue weighted by Crippen LogP contribution is -2.70. The van der Waals surface area contributed by atoms with Crippen LogP contribution in [0.2, 0.25) is 0 Å². The van der Waals surface area contributed by atoms with Crippen LogP contribution in [0.3, 0.4) is 0 Å². The van der Waals surface area contributed by atoms with Crippen LogP contribution < -0.4 is 0 Å². The van der Waals surface area contributed by atoms with E-state index in [1.54, 1.807) is 6.92 Å². The summed E-state index contributed by atoms with van der Waals surface area (Å²) in [6.07, 6.45) is 9.38. The van der Waals surface area contributed by atoms with Gasteiger partial charge in [-0.15, -0.1) is 0 Å². The SMILES string of the molecule is C=C1C(=O)[C@]23CC[C@H]1CC2C12CCCC(C)(CN(C(C)=O)C1)[C@H]2CC3. The van der Waals surface area contributed by atoms with Crippen molar-refractivity contribution in [1.29, 1.82) is 0 Å². The van der Waals surface area contributed by atoms with Crippen molar-refractivity contribution >= 4 is 11.7 Å². The Morgan fingerprint density at radius 2 is 1.88 bits per heavy atom. The molecular formula is C22H31NO2. The van der Waals surface area contributed by atoms with Gasteiger partial charge in [0.15, 0.2) is 5.78 Å². The maximum atomic E-state index is 13.3.